The summed E-state index contributed by atoms with van der Waals surface area (Å²) in [5, 5.41) is 8.38. The molecule has 3 N–H and O–H groups in total. The van der Waals surface area contributed by atoms with E-state index in [0.29, 0.717) is 6.54 Å². The van der Waals surface area contributed by atoms with Gasteiger partial charge in [0, 0.05) is 19.3 Å². The maximum Gasteiger partial charge on any atom is 0.163 e. The van der Waals surface area contributed by atoms with Gasteiger partial charge in [0.15, 0.2) is 5.65 Å². The molecule has 96 valence electrons. The maximum atomic E-state index is 5.75. The minimum absolute atomic E-state index is 0.659. The average Bonchev–Trinajstić information content (AvgIpc) is 2.79. The Morgan fingerprint density at radius 2 is 2.21 bits per heavy atom. The van der Waals surface area contributed by atoms with Crippen LogP contribution in [-0.4, -0.2) is 19.7 Å². The molecular weight excluding hydrogens is 240 g/mol. The lowest BCUT2D eigenvalue weighted by Gasteiger charge is -2.07. The third-order valence-electron chi connectivity index (χ3n) is 2.94. The fourth-order valence-electron chi connectivity index (χ4n) is 1.99. The summed E-state index contributed by atoms with van der Waals surface area (Å²) in [4.78, 5) is 8.45. The second-order valence-electron chi connectivity index (χ2n) is 4.33. The van der Waals surface area contributed by atoms with Crippen LogP contribution in [0.5, 0.6) is 0 Å². The van der Waals surface area contributed by atoms with Crippen LogP contribution < -0.4 is 11.1 Å². The number of rotatable bonds is 3. The van der Waals surface area contributed by atoms with Crippen molar-refractivity contribution in [2.75, 3.05) is 11.1 Å². The molecule has 0 amide bonds. The Hall–Kier alpha value is -2.63. The Balaban J connectivity index is 1.86. The first-order valence-electron chi connectivity index (χ1n) is 5.95. The van der Waals surface area contributed by atoms with Crippen molar-refractivity contribution >= 4 is 22.5 Å². The van der Waals surface area contributed by atoms with Crippen LogP contribution >= 0.6 is 0 Å². The van der Waals surface area contributed by atoms with Crippen molar-refractivity contribution in [3.63, 3.8) is 0 Å². The van der Waals surface area contributed by atoms with Gasteiger partial charge in [0.1, 0.15) is 12.1 Å². The van der Waals surface area contributed by atoms with Gasteiger partial charge >= 0.3 is 0 Å². The molecule has 0 bridgehead atoms. The molecule has 0 aliphatic heterocycles. The Bertz CT molecular complexity index is 718. The molecule has 0 saturated carbocycles. The van der Waals surface area contributed by atoms with E-state index in [1.165, 1.54) is 6.33 Å². The number of aryl methyl sites for hydroxylation is 1. The second kappa shape index (κ2) is 4.56. The third-order valence-corrected chi connectivity index (χ3v) is 2.94. The zero-order valence-corrected chi connectivity index (χ0v) is 10.5. The molecule has 6 nitrogen and oxygen atoms in total. The van der Waals surface area contributed by atoms with Gasteiger partial charge in [0.05, 0.1) is 11.6 Å². The molecule has 1 aromatic carbocycles. The smallest absolute Gasteiger partial charge is 0.163 e. The Morgan fingerprint density at radius 1 is 1.32 bits per heavy atom. The SMILES string of the molecule is Cn1ncc2c(NCc3cccc(N)c3)ncnc21. The van der Waals surface area contributed by atoms with E-state index < -0.39 is 0 Å². The van der Waals surface area contributed by atoms with Gasteiger partial charge in [0.2, 0.25) is 0 Å². The number of hydrogen-bond donors (Lipinski definition) is 2. The van der Waals surface area contributed by atoms with E-state index in [4.69, 9.17) is 5.73 Å². The van der Waals surface area contributed by atoms with E-state index in [-0.39, 0.29) is 0 Å². The van der Waals surface area contributed by atoms with Gasteiger partial charge in [-0.05, 0) is 17.7 Å². The molecule has 0 aliphatic carbocycles. The van der Waals surface area contributed by atoms with Crippen molar-refractivity contribution < 1.29 is 0 Å². The van der Waals surface area contributed by atoms with Gasteiger partial charge in [-0.15, -0.1) is 0 Å². The molecule has 0 saturated heterocycles. The summed E-state index contributed by atoms with van der Waals surface area (Å²) in [5.41, 5.74) is 8.43. The number of nitrogen functional groups attached to an aromatic ring is 1. The molecule has 3 rings (SSSR count). The van der Waals surface area contributed by atoms with Crippen LogP contribution in [0.15, 0.2) is 36.8 Å². The number of anilines is 2. The van der Waals surface area contributed by atoms with Gasteiger partial charge in [-0.3, -0.25) is 4.68 Å². The molecule has 0 aliphatic rings. The molecular formula is C13H14N6. The van der Waals surface area contributed by atoms with Crippen molar-refractivity contribution in [1.82, 2.24) is 19.7 Å². The van der Waals surface area contributed by atoms with Crippen LogP contribution in [0.4, 0.5) is 11.5 Å². The molecule has 2 aromatic heterocycles. The Morgan fingerprint density at radius 3 is 3.05 bits per heavy atom. The second-order valence-corrected chi connectivity index (χ2v) is 4.33. The van der Waals surface area contributed by atoms with Crippen molar-refractivity contribution in [1.29, 1.82) is 0 Å². The van der Waals surface area contributed by atoms with Crippen molar-refractivity contribution in [3.8, 4) is 0 Å². The highest BCUT2D eigenvalue weighted by Gasteiger charge is 2.07. The van der Waals surface area contributed by atoms with Gasteiger partial charge in [-0.1, -0.05) is 12.1 Å². The van der Waals surface area contributed by atoms with Crippen LogP contribution in [0.1, 0.15) is 5.56 Å². The first-order valence-corrected chi connectivity index (χ1v) is 5.95. The predicted octanol–water partition coefficient (Wildman–Crippen LogP) is 1.56. The predicted molar refractivity (Wildman–Crippen MR) is 74.5 cm³/mol. The largest absolute Gasteiger partial charge is 0.399 e. The normalized spacial score (nSPS) is 10.8. The lowest BCUT2D eigenvalue weighted by molar-refractivity contribution is 0.785. The maximum absolute atomic E-state index is 5.75. The number of fused-ring (bicyclic) bond motifs is 1. The van der Waals surface area contributed by atoms with E-state index in [9.17, 15) is 0 Å². The number of nitrogens with one attached hydrogen (secondary N) is 1. The number of benzene rings is 1. The van der Waals surface area contributed by atoms with Gasteiger partial charge in [-0.25, -0.2) is 9.97 Å². The minimum atomic E-state index is 0.659. The molecule has 19 heavy (non-hydrogen) atoms. The van der Waals surface area contributed by atoms with E-state index in [1.807, 2.05) is 31.3 Å². The summed E-state index contributed by atoms with van der Waals surface area (Å²) in [6, 6.07) is 7.76. The molecule has 0 radical (unpaired) electrons. The summed E-state index contributed by atoms with van der Waals surface area (Å²) >= 11 is 0. The van der Waals surface area contributed by atoms with Gasteiger partial charge in [0.25, 0.3) is 0 Å². The molecule has 2 heterocycles. The van der Waals surface area contributed by atoms with Crippen LogP contribution in [0.3, 0.4) is 0 Å². The lowest BCUT2D eigenvalue weighted by Crippen LogP contribution is -2.03. The van der Waals surface area contributed by atoms with E-state index >= 15 is 0 Å². The summed E-state index contributed by atoms with van der Waals surface area (Å²) in [5.74, 6) is 0.778. The van der Waals surface area contributed by atoms with Crippen molar-refractivity contribution in [2.45, 2.75) is 6.54 Å². The standard InChI is InChI=1S/C13H14N6/c1-19-13-11(7-18-19)12(16-8-17-13)15-6-9-3-2-4-10(14)5-9/h2-5,7-8H,6,14H2,1H3,(H,15,16,17). The summed E-state index contributed by atoms with van der Waals surface area (Å²) in [6.07, 6.45) is 3.29. The Labute approximate surface area is 110 Å². The van der Waals surface area contributed by atoms with Crippen molar-refractivity contribution in [3.05, 3.63) is 42.4 Å². The molecule has 3 aromatic rings. The highest BCUT2D eigenvalue weighted by Crippen LogP contribution is 2.18. The first kappa shape index (κ1) is 11.5. The zero-order valence-electron chi connectivity index (χ0n) is 10.5. The van der Waals surface area contributed by atoms with Gasteiger partial charge in [-0.2, -0.15) is 5.10 Å². The summed E-state index contributed by atoms with van der Waals surface area (Å²) in [7, 11) is 1.86. The Kier molecular flexibility index (Phi) is 2.75. The van der Waals surface area contributed by atoms with Crippen molar-refractivity contribution in [2.24, 2.45) is 7.05 Å². The van der Waals surface area contributed by atoms with Crippen LogP contribution in [-0.2, 0) is 13.6 Å². The quantitative estimate of drug-likeness (QED) is 0.693. The first-order chi connectivity index (χ1) is 9.24. The molecule has 0 unspecified atom stereocenters. The number of aromatic nitrogens is 4. The molecule has 0 fully saturated rings. The topological polar surface area (TPSA) is 81.7 Å². The van der Waals surface area contributed by atoms with Crippen LogP contribution in [0, 0.1) is 0 Å². The fraction of sp³-hybridized carbons (Fsp3) is 0.154. The monoisotopic (exact) mass is 254 g/mol. The van der Waals surface area contributed by atoms with E-state index in [0.717, 1.165) is 28.1 Å². The number of nitrogens with two attached hydrogens (primary N) is 1. The fourth-order valence-corrected chi connectivity index (χ4v) is 1.99. The lowest BCUT2D eigenvalue weighted by atomic mass is 10.2. The van der Waals surface area contributed by atoms with Gasteiger partial charge < -0.3 is 11.1 Å². The minimum Gasteiger partial charge on any atom is -0.399 e. The molecule has 6 heteroatoms. The highest BCUT2D eigenvalue weighted by atomic mass is 15.3. The van der Waals surface area contributed by atoms with Crippen LogP contribution in [0.25, 0.3) is 11.0 Å². The molecule has 0 spiro atoms. The average molecular weight is 254 g/mol. The number of hydrogen-bond acceptors (Lipinski definition) is 5. The summed E-state index contributed by atoms with van der Waals surface area (Å²) < 4.78 is 1.72. The number of nitrogens with zero attached hydrogens (tertiary/aromatic N) is 4. The molecule has 0 atom stereocenters. The third kappa shape index (κ3) is 2.20. The summed E-state index contributed by atoms with van der Waals surface area (Å²) in [6.45, 7) is 0.659. The van der Waals surface area contributed by atoms with E-state index in [1.54, 1.807) is 10.9 Å². The zero-order chi connectivity index (χ0) is 13.2. The van der Waals surface area contributed by atoms with E-state index in [2.05, 4.69) is 20.4 Å². The van der Waals surface area contributed by atoms with Crippen LogP contribution in [0.2, 0.25) is 0 Å². The highest BCUT2D eigenvalue weighted by molar-refractivity contribution is 5.85.